The molecular formula is C24H35F3N2OS. The minimum Gasteiger partial charge on any atom is -0.366 e. The molecule has 0 aliphatic heterocycles. The molecule has 0 saturated heterocycles. The van der Waals surface area contributed by atoms with Crippen LogP contribution in [0.4, 0.5) is 13.2 Å². The van der Waals surface area contributed by atoms with Crippen LogP contribution in [-0.4, -0.2) is 23.0 Å². The molecule has 7 heteroatoms. The maximum absolute atomic E-state index is 12.2. The third-order valence-electron chi connectivity index (χ3n) is 7.05. The van der Waals surface area contributed by atoms with Gasteiger partial charge in [0.05, 0.1) is 11.1 Å². The van der Waals surface area contributed by atoms with Gasteiger partial charge in [-0.05, 0) is 87.0 Å². The van der Waals surface area contributed by atoms with E-state index in [1.54, 1.807) is 0 Å². The molecule has 3 nitrogen and oxygen atoms in total. The maximum atomic E-state index is 12.2. The smallest absolute Gasteiger partial charge is 0.366 e. The molecule has 1 aromatic carbocycles. The molecule has 3 fully saturated rings. The van der Waals surface area contributed by atoms with Crippen LogP contribution in [0.25, 0.3) is 0 Å². The predicted octanol–water partition coefficient (Wildman–Crippen LogP) is 6.01. The molecule has 4 N–H and O–H groups in total. The Morgan fingerprint density at radius 3 is 2.13 bits per heavy atom. The van der Waals surface area contributed by atoms with Gasteiger partial charge in [0, 0.05) is 11.3 Å². The summed E-state index contributed by atoms with van der Waals surface area (Å²) in [7, 11) is 0. The van der Waals surface area contributed by atoms with Gasteiger partial charge in [0.2, 0.25) is 5.91 Å². The van der Waals surface area contributed by atoms with Crippen LogP contribution >= 0.6 is 11.8 Å². The van der Waals surface area contributed by atoms with Crippen LogP contribution in [0.1, 0.15) is 80.6 Å². The number of amides is 1. The normalized spacial score (nSPS) is 27.2. The zero-order chi connectivity index (χ0) is 22.6. The second kappa shape index (κ2) is 10.2. The van der Waals surface area contributed by atoms with E-state index in [2.05, 4.69) is 18.7 Å². The van der Waals surface area contributed by atoms with Gasteiger partial charge in [0.25, 0.3) is 0 Å². The Kier molecular flexibility index (Phi) is 8.00. The molecule has 0 spiro atoms. The van der Waals surface area contributed by atoms with Crippen molar-refractivity contribution in [3.05, 3.63) is 35.4 Å². The summed E-state index contributed by atoms with van der Waals surface area (Å²) in [6, 6.07) is 4.81. The third kappa shape index (κ3) is 7.14. The van der Waals surface area contributed by atoms with E-state index >= 15 is 0 Å². The van der Waals surface area contributed by atoms with Gasteiger partial charge in [-0.3, -0.25) is 4.79 Å². The number of halogens is 3. The second-order valence-electron chi connectivity index (χ2n) is 9.68. The summed E-state index contributed by atoms with van der Waals surface area (Å²) in [5.41, 5.74) is 10.1. The van der Waals surface area contributed by atoms with Gasteiger partial charge in [0.1, 0.15) is 0 Å². The van der Waals surface area contributed by atoms with E-state index in [4.69, 9.17) is 11.5 Å². The van der Waals surface area contributed by atoms with E-state index in [0.717, 1.165) is 29.2 Å². The summed E-state index contributed by atoms with van der Waals surface area (Å²) in [4.78, 5) is 10.6. The van der Waals surface area contributed by atoms with Crippen LogP contribution in [0.2, 0.25) is 0 Å². The fourth-order valence-electron chi connectivity index (χ4n) is 4.58. The van der Waals surface area contributed by atoms with Gasteiger partial charge >= 0.3 is 6.18 Å². The number of hydrogen-bond acceptors (Lipinski definition) is 3. The summed E-state index contributed by atoms with van der Waals surface area (Å²) in [5.74, 6) is 2.49. The zero-order valence-corrected chi connectivity index (χ0v) is 19.1. The number of alkyl halides is 3. The van der Waals surface area contributed by atoms with Crippen molar-refractivity contribution in [1.82, 2.24) is 0 Å². The number of nitrogens with two attached hydrogens (primary N) is 2. The van der Waals surface area contributed by atoms with E-state index in [0.29, 0.717) is 11.5 Å². The van der Waals surface area contributed by atoms with Crippen LogP contribution in [0.3, 0.4) is 0 Å². The van der Waals surface area contributed by atoms with Crippen molar-refractivity contribution >= 4 is 17.7 Å². The quantitative estimate of drug-likeness (QED) is 0.528. The molecule has 1 amide bonds. The largest absolute Gasteiger partial charge is 0.417 e. The lowest BCUT2D eigenvalue weighted by Gasteiger charge is -2.43. The van der Waals surface area contributed by atoms with Crippen molar-refractivity contribution < 1.29 is 18.0 Å². The lowest BCUT2D eigenvalue weighted by molar-refractivity contribution is -0.137. The first-order valence-corrected chi connectivity index (χ1v) is 12.5. The lowest BCUT2D eigenvalue weighted by atomic mass is 9.66. The topological polar surface area (TPSA) is 69.1 Å². The molecule has 1 unspecified atom stereocenters. The summed E-state index contributed by atoms with van der Waals surface area (Å²) >= 11 is 2.27. The highest BCUT2D eigenvalue weighted by molar-refractivity contribution is 7.99. The highest BCUT2D eigenvalue weighted by Crippen LogP contribution is 2.51. The van der Waals surface area contributed by atoms with Gasteiger partial charge in [-0.25, -0.2) is 0 Å². The van der Waals surface area contributed by atoms with Gasteiger partial charge in [-0.15, -0.1) is 0 Å². The number of thioether (sulfide) groups is 1. The first kappa shape index (κ1) is 24.4. The Balaban J connectivity index is 0.000000187. The zero-order valence-electron chi connectivity index (χ0n) is 18.3. The van der Waals surface area contributed by atoms with Crippen molar-refractivity contribution in [2.24, 2.45) is 28.7 Å². The standard InChI is InChI=1S/C16H29NS.C8H6F3NO/c1-12(17)16(10-13-2-3-13)8-6-15(7-9-16)18-11-14-4-5-14;9-8(10,11)6-4-2-1-3-5(6)7(12)13/h12-15H,2-11,17H2,1H3;1-4H,(H2,12,13). The molecule has 0 aromatic heterocycles. The minimum atomic E-state index is -4.54. The predicted molar refractivity (Wildman–Crippen MR) is 121 cm³/mol. The molecule has 0 bridgehead atoms. The highest BCUT2D eigenvalue weighted by atomic mass is 32.2. The highest BCUT2D eigenvalue weighted by Gasteiger charge is 2.42. The Morgan fingerprint density at radius 2 is 1.68 bits per heavy atom. The molecule has 31 heavy (non-hydrogen) atoms. The number of benzene rings is 1. The Hall–Kier alpha value is -1.21. The molecule has 4 rings (SSSR count). The number of carbonyl (C=O) groups excluding carboxylic acids is 1. The van der Waals surface area contributed by atoms with Crippen molar-refractivity contribution in [2.75, 3.05) is 5.75 Å². The number of carbonyl (C=O) groups is 1. The molecule has 3 aliphatic rings. The van der Waals surface area contributed by atoms with Gasteiger partial charge in [-0.2, -0.15) is 24.9 Å². The summed E-state index contributed by atoms with van der Waals surface area (Å²) in [5, 5.41) is 0.955. The van der Waals surface area contributed by atoms with Crippen LogP contribution in [0.15, 0.2) is 24.3 Å². The number of primary amides is 1. The lowest BCUT2D eigenvalue weighted by Crippen LogP contribution is -2.43. The molecule has 1 aromatic rings. The van der Waals surface area contributed by atoms with E-state index in [1.165, 1.54) is 75.7 Å². The van der Waals surface area contributed by atoms with Crippen molar-refractivity contribution in [3.63, 3.8) is 0 Å². The molecule has 174 valence electrons. The van der Waals surface area contributed by atoms with Crippen molar-refractivity contribution in [2.45, 2.75) is 82.2 Å². The van der Waals surface area contributed by atoms with Crippen LogP contribution in [0.5, 0.6) is 0 Å². The SMILES string of the molecule is CC(N)C1(CC2CC2)CCC(SCC2CC2)CC1.NC(=O)c1ccccc1C(F)(F)F. The van der Waals surface area contributed by atoms with Crippen LogP contribution in [0, 0.1) is 17.3 Å². The first-order valence-electron chi connectivity index (χ1n) is 11.4. The second-order valence-corrected chi connectivity index (χ2v) is 11.0. The molecule has 3 aliphatic carbocycles. The Labute approximate surface area is 187 Å². The molecule has 3 saturated carbocycles. The monoisotopic (exact) mass is 456 g/mol. The average molecular weight is 457 g/mol. The Morgan fingerprint density at radius 1 is 1.10 bits per heavy atom. The molecule has 1 atom stereocenters. The molecule has 0 radical (unpaired) electrons. The molecular weight excluding hydrogens is 421 g/mol. The molecule has 0 heterocycles. The van der Waals surface area contributed by atoms with E-state index in [9.17, 15) is 18.0 Å². The van der Waals surface area contributed by atoms with Crippen LogP contribution in [-0.2, 0) is 6.18 Å². The summed E-state index contributed by atoms with van der Waals surface area (Å²) < 4.78 is 36.6. The fraction of sp³-hybridized carbons (Fsp3) is 0.708. The summed E-state index contributed by atoms with van der Waals surface area (Å²) in [6.07, 6.45) is 8.56. The van der Waals surface area contributed by atoms with Crippen molar-refractivity contribution in [3.8, 4) is 0 Å². The number of hydrogen-bond donors (Lipinski definition) is 2. The van der Waals surface area contributed by atoms with E-state index < -0.39 is 23.2 Å². The maximum Gasteiger partial charge on any atom is 0.417 e. The van der Waals surface area contributed by atoms with Crippen LogP contribution < -0.4 is 11.5 Å². The summed E-state index contributed by atoms with van der Waals surface area (Å²) in [6.45, 7) is 2.26. The average Bonchev–Trinajstić information content (AvgIpc) is 3.63. The third-order valence-corrected chi connectivity index (χ3v) is 8.66. The van der Waals surface area contributed by atoms with Gasteiger partial charge in [0.15, 0.2) is 0 Å². The van der Waals surface area contributed by atoms with Crippen molar-refractivity contribution in [1.29, 1.82) is 0 Å². The van der Waals surface area contributed by atoms with Gasteiger partial charge in [-0.1, -0.05) is 25.0 Å². The minimum absolute atomic E-state index is 0.410. The number of rotatable bonds is 7. The fourth-order valence-corrected chi connectivity index (χ4v) is 6.02. The Bertz CT molecular complexity index is 737. The van der Waals surface area contributed by atoms with Gasteiger partial charge < -0.3 is 11.5 Å². The first-order chi connectivity index (χ1) is 14.6. The van der Waals surface area contributed by atoms with E-state index in [-0.39, 0.29) is 0 Å². The van der Waals surface area contributed by atoms with E-state index in [1.807, 2.05) is 0 Å².